The Morgan fingerprint density at radius 2 is 1.89 bits per heavy atom. The maximum Gasteiger partial charge on any atom is 0.161 e. The summed E-state index contributed by atoms with van der Waals surface area (Å²) in [6.07, 6.45) is 10.6. The van der Waals surface area contributed by atoms with Crippen molar-refractivity contribution in [2.75, 3.05) is 18.1 Å². The Bertz CT molecular complexity index is 1490. The molecule has 0 aromatic heterocycles. The topological polar surface area (TPSA) is 72.5 Å². The molecule has 1 aliphatic heterocycles. The second-order valence-corrected chi connectivity index (χ2v) is 12.6. The molecule has 1 unspecified atom stereocenters. The highest BCUT2D eigenvalue weighted by Crippen LogP contribution is 2.47. The van der Waals surface area contributed by atoms with E-state index in [9.17, 15) is 8.42 Å². The number of benzene rings is 3. The first-order chi connectivity index (χ1) is 18.1. The first-order valence-electron chi connectivity index (χ1n) is 12.7. The molecule has 0 bridgehead atoms. The Labute approximate surface area is 224 Å². The Morgan fingerprint density at radius 1 is 1.05 bits per heavy atom. The van der Waals surface area contributed by atoms with Crippen LogP contribution in [-0.4, -0.2) is 32.0 Å². The number of hydrogen-bond acceptors (Lipinski definition) is 5. The molecule has 2 aliphatic carbocycles. The third kappa shape index (κ3) is 5.82. The van der Waals surface area contributed by atoms with Gasteiger partial charge in [-0.15, -0.1) is 11.8 Å². The summed E-state index contributed by atoms with van der Waals surface area (Å²) < 4.78 is 27.3. The number of fused-ring (bicyclic) bond motifs is 4. The Balaban J connectivity index is 0.000000503. The maximum atomic E-state index is 13.6. The van der Waals surface area contributed by atoms with Crippen molar-refractivity contribution in [2.24, 2.45) is 10.7 Å². The minimum absolute atomic E-state index is 0.0252. The van der Waals surface area contributed by atoms with E-state index in [4.69, 9.17) is 5.73 Å². The number of thioether (sulfide) groups is 1. The van der Waals surface area contributed by atoms with Crippen LogP contribution in [0.5, 0.6) is 0 Å². The van der Waals surface area contributed by atoms with Crippen LogP contribution in [0.2, 0.25) is 0 Å². The highest BCUT2D eigenvalue weighted by molar-refractivity contribution is 8.12. The first kappa shape index (κ1) is 25.7. The molecule has 0 amide bonds. The van der Waals surface area contributed by atoms with E-state index in [1.54, 1.807) is 17.8 Å². The SMILES string of the molecule is C1=NCCS1.NCc1ccc(C=CCS(=O)(=O)C2CC3=C(C=CCC3)c3ccc4ccccc4c32)cc1. The van der Waals surface area contributed by atoms with Gasteiger partial charge in [-0.2, -0.15) is 0 Å². The summed E-state index contributed by atoms with van der Waals surface area (Å²) in [6, 6.07) is 20.2. The molecule has 0 fully saturated rings. The molecule has 1 atom stereocenters. The molecule has 0 saturated heterocycles. The van der Waals surface area contributed by atoms with Crippen molar-refractivity contribution in [3.05, 3.63) is 107 Å². The summed E-state index contributed by atoms with van der Waals surface area (Å²) in [6.45, 7) is 1.53. The number of sulfone groups is 1. The van der Waals surface area contributed by atoms with Crippen LogP contribution in [0.15, 0.2) is 89.5 Å². The van der Waals surface area contributed by atoms with Crippen LogP contribution in [0.25, 0.3) is 22.4 Å². The van der Waals surface area contributed by atoms with E-state index in [0.29, 0.717) is 13.0 Å². The lowest BCUT2D eigenvalue weighted by Gasteiger charge is -2.31. The number of nitrogens with two attached hydrogens (primary N) is 1. The van der Waals surface area contributed by atoms with E-state index in [0.717, 1.165) is 52.4 Å². The molecule has 190 valence electrons. The van der Waals surface area contributed by atoms with Gasteiger partial charge < -0.3 is 5.73 Å². The van der Waals surface area contributed by atoms with Crippen molar-refractivity contribution in [2.45, 2.75) is 31.1 Å². The van der Waals surface area contributed by atoms with E-state index < -0.39 is 15.1 Å². The quantitative estimate of drug-likeness (QED) is 0.398. The van der Waals surface area contributed by atoms with Gasteiger partial charge in [0.05, 0.1) is 16.5 Å². The zero-order chi connectivity index (χ0) is 25.7. The first-order valence-corrected chi connectivity index (χ1v) is 15.5. The van der Waals surface area contributed by atoms with Crippen molar-refractivity contribution in [3.63, 3.8) is 0 Å². The van der Waals surface area contributed by atoms with Gasteiger partial charge in [0.1, 0.15) is 0 Å². The molecule has 1 heterocycles. The second kappa shape index (κ2) is 11.6. The fourth-order valence-electron chi connectivity index (χ4n) is 5.18. The molecule has 4 nitrogen and oxygen atoms in total. The number of allylic oxidation sites excluding steroid dienone is 4. The molecule has 3 aromatic rings. The van der Waals surface area contributed by atoms with E-state index in [2.05, 4.69) is 41.4 Å². The molecule has 6 heteroatoms. The van der Waals surface area contributed by atoms with Gasteiger partial charge >= 0.3 is 0 Å². The molecule has 37 heavy (non-hydrogen) atoms. The van der Waals surface area contributed by atoms with Crippen LogP contribution < -0.4 is 5.73 Å². The van der Waals surface area contributed by atoms with Crippen LogP contribution in [0.1, 0.15) is 46.8 Å². The lowest BCUT2D eigenvalue weighted by atomic mass is 9.79. The molecule has 2 N–H and O–H groups in total. The van der Waals surface area contributed by atoms with E-state index in [1.807, 2.05) is 48.0 Å². The van der Waals surface area contributed by atoms with E-state index in [-0.39, 0.29) is 5.75 Å². The fourth-order valence-corrected chi connectivity index (χ4v) is 7.37. The summed E-state index contributed by atoms with van der Waals surface area (Å²) in [5.41, 5.74) is 14.1. The minimum atomic E-state index is -3.39. The molecular formula is C31H32N2O2S2. The van der Waals surface area contributed by atoms with Gasteiger partial charge in [-0.1, -0.05) is 90.5 Å². The smallest absolute Gasteiger partial charge is 0.161 e. The number of hydrogen-bond donors (Lipinski definition) is 1. The lowest BCUT2D eigenvalue weighted by Crippen LogP contribution is -2.22. The van der Waals surface area contributed by atoms with Crippen molar-refractivity contribution in [1.29, 1.82) is 0 Å². The Hall–Kier alpha value is -2.93. The van der Waals surface area contributed by atoms with Crippen LogP contribution in [0.3, 0.4) is 0 Å². The zero-order valence-corrected chi connectivity index (χ0v) is 22.5. The molecule has 3 aliphatic rings. The van der Waals surface area contributed by atoms with Crippen LogP contribution in [0.4, 0.5) is 0 Å². The molecule has 0 radical (unpaired) electrons. The van der Waals surface area contributed by atoms with Crippen molar-refractivity contribution in [1.82, 2.24) is 0 Å². The summed E-state index contributed by atoms with van der Waals surface area (Å²) >= 11 is 1.78. The fraction of sp³-hybridized carbons (Fsp3) is 0.258. The summed E-state index contributed by atoms with van der Waals surface area (Å²) in [7, 11) is -3.39. The summed E-state index contributed by atoms with van der Waals surface area (Å²) in [5, 5.41) is 1.62. The molecule has 0 spiro atoms. The number of aliphatic imine (C=N–C) groups is 1. The lowest BCUT2D eigenvalue weighted by molar-refractivity contribution is 0.582. The zero-order valence-electron chi connectivity index (χ0n) is 20.8. The third-order valence-corrected chi connectivity index (χ3v) is 9.71. The van der Waals surface area contributed by atoms with Gasteiger partial charge in [0.25, 0.3) is 0 Å². The van der Waals surface area contributed by atoms with Crippen LogP contribution in [-0.2, 0) is 16.4 Å². The van der Waals surface area contributed by atoms with Crippen LogP contribution in [0, 0.1) is 0 Å². The highest BCUT2D eigenvalue weighted by Gasteiger charge is 2.35. The normalized spacial score (nSPS) is 18.6. The van der Waals surface area contributed by atoms with Crippen molar-refractivity contribution < 1.29 is 8.42 Å². The average molecular weight is 529 g/mol. The average Bonchev–Trinajstić information content (AvgIpc) is 3.53. The Morgan fingerprint density at radius 3 is 2.62 bits per heavy atom. The predicted octanol–water partition coefficient (Wildman–Crippen LogP) is 6.74. The van der Waals surface area contributed by atoms with E-state index >= 15 is 0 Å². The van der Waals surface area contributed by atoms with E-state index in [1.165, 1.54) is 16.9 Å². The molecule has 0 saturated carbocycles. The number of nitrogens with zero attached hydrogens (tertiary/aromatic N) is 1. The molecule has 6 rings (SSSR count). The predicted molar refractivity (Wildman–Crippen MR) is 160 cm³/mol. The third-order valence-electron chi connectivity index (χ3n) is 7.07. The van der Waals surface area contributed by atoms with Gasteiger partial charge in [0, 0.05) is 18.8 Å². The monoisotopic (exact) mass is 528 g/mol. The van der Waals surface area contributed by atoms with Gasteiger partial charge in [-0.05, 0) is 57.9 Å². The van der Waals surface area contributed by atoms with Gasteiger partial charge in [0.2, 0.25) is 0 Å². The Kier molecular flexibility index (Phi) is 8.08. The minimum Gasteiger partial charge on any atom is -0.326 e. The highest BCUT2D eigenvalue weighted by atomic mass is 32.2. The maximum absolute atomic E-state index is 13.6. The molecular weight excluding hydrogens is 496 g/mol. The van der Waals surface area contributed by atoms with Crippen molar-refractivity contribution >= 4 is 49.6 Å². The second-order valence-electron chi connectivity index (χ2n) is 9.46. The van der Waals surface area contributed by atoms with Crippen LogP contribution >= 0.6 is 11.8 Å². The van der Waals surface area contributed by atoms with Gasteiger partial charge in [-0.3, -0.25) is 4.99 Å². The summed E-state index contributed by atoms with van der Waals surface area (Å²) in [4.78, 5) is 3.92. The summed E-state index contributed by atoms with van der Waals surface area (Å²) in [5.74, 6) is 1.22. The number of rotatable bonds is 5. The molecule has 3 aromatic carbocycles. The largest absolute Gasteiger partial charge is 0.326 e. The van der Waals surface area contributed by atoms with Gasteiger partial charge in [0.15, 0.2) is 9.84 Å². The standard InChI is InChI=1S/C28H27NO2S.C3H5NS/c29-19-21-13-11-20(12-14-21)6-5-17-32(30,31)27-18-23-8-2-3-9-24(23)26-16-15-22-7-1-4-10-25(22)28(26)27;1-2-5-3-4-1/h1,3-7,9-16,27H,2,8,17-19,29H2;3H,1-2H2. The van der Waals surface area contributed by atoms with Gasteiger partial charge in [-0.25, -0.2) is 8.42 Å². The van der Waals surface area contributed by atoms with Crippen molar-refractivity contribution in [3.8, 4) is 0 Å².